The first kappa shape index (κ1) is 10.8. The minimum atomic E-state index is -0.738. The van der Waals surface area contributed by atoms with Gasteiger partial charge in [0, 0.05) is 12.0 Å². The van der Waals surface area contributed by atoms with E-state index in [0.717, 1.165) is 12.8 Å². The molecule has 3 atom stereocenters. The minimum absolute atomic E-state index is 0.0895. The maximum absolute atomic E-state index is 12.0. The van der Waals surface area contributed by atoms with E-state index in [4.69, 9.17) is 5.11 Å². The summed E-state index contributed by atoms with van der Waals surface area (Å²) in [5.41, 5.74) is 0. The van der Waals surface area contributed by atoms with Crippen molar-refractivity contribution >= 4 is 11.9 Å². The number of carboxylic acids is 1. The van der Waals surface area contributed by atoms with E-state index in [1.807, 2.05) is 0 Å². The number of carbonyl (C=O) groups is 2. The topological polar surface area (TPSA) is 66.4 Å². The van der Waals surface area contributed by atoms with Crippen LogP contribution in [0.25, 0.3) is 0 Å². The van der Waals surface area contributed by atoms with Crippen LogP contribution < -0.4 is 5.32 Å². The van der Waals surface area contributed by atoms with E-state index >= 15 is 0 Å². The van der Waals surface area contributed by atoms with E-state index in [9.17, 15) is 9.59 Å². The van der Waals surface area contributed by atoms with Crippen molar-refractivity contribution in [2.75, 3.05) is 0 Å². The molecule has 0 saturated heterocycles. The zero-order chi connectivity index (χ0) is 12.0. The lowest BCUT2D eigenvalue weighted by Gasteiger charge is -2.34. The van der Waals surface area contributed by atoms with Gasteiger partial charge in [-0.1, -0.05) is 12.2 Å². The lowest BCUT2D eigenvalue weighted by atomic mass is 9.80. The fourth-order valence-electron chi connectivity index (χ4n) is 3.33. The molecular weight excluding hydrogens is 218 g/mol. The van der Waals surface area contributed by atoms with Crippen LogP contribution in [0.15, 0.2) is 12.2 Å². The molecule has 0 radical (unpaired) electrons. The summed E-state index contributed by atoms with van der Waals surface area (Å²) >= 11 is 0. The van der Waals surface area contributed by atoms with Crippen molar-refractivity contribution in [2.45, 2.75) is 31.7 Å². The molecule has 3 rings (SSSR count). The minimum Gasteiger partial charge on any atom is -0.481 e. The van der Waals surface area contributed by atoms with Gasteiger partial charge < -0.3 is 10.4 Å². The summed E-state index contributed by atoms with van der Waals surface area (Å²) in [6.07, 6.45) is 7.68. The predicted molar refractivity (Wildman–Crippen MR) is 61.1 cm³/mol. The number of carboxylic acid groups (broad SMARTS) is 1. The van der Waals surface area contributed by atoms with E-state index in [0.29, 0.717) is 24.7 Å². The van der Waals surface area contributed by atoms with Gasteiger partial charge in [0.15, 0.2) is 0 Å². The third kappa shape index (κ3) is 1.85. The van der Waals surface area contributed by atoms with Crippen molar-refractivity contribution in [2.24, 2.45) is 23.7 Å². The second-order valence-electron chi connectivity index (χ2n) is 5.60. The predicted octanol–water partition coefficient (Wildman–Crippen LogP) is 1.18. The lowest BCUT2D eigenvalue weighted by Crippen LogP contribution is -2.48. The maximum Gasteiger partial charge on any atom is 0.306 e. The van der Waals surface area contributed by atoms with Crippen LogP contribution in [0.1, 0.15) is 25.7 Å². The van der Waals surface area contributed by atoms with Gasteiger partial charge in [0.1, 0.15) is 0 Å². The summed E-state index contributed by atoms with van der Waals surface area (Å²) in [4.78, 5) is 22.7. The monoisotopic (exact) mass is 235 g/mol. The molecule has 2 fully saturated rings. The zero-order valence-electron chi connectivity index (χ0n) is 9.63. The molecule has 0 aromatic carbocycles. The molecule has 0 heterocycles. The number of hydrogen-bond acceptors (Lipinski definition) is 2. The maximum atomic E-state index is 12.0. The molecule has 92 valence electrons. The van der Waals surface area contributed by atoms with Crippen LogP contribution >= 0.6 is 0 Å². The molecule has 0 spiro atoms. The van der Waals surface area contributed by atoms with E-state index in [1.165, 1.54) is 0 Å². The van der Waals surface area contributed by atoms with Crippen molar-refractivity contribution < 1.29 is 14.7 Å². The van der Waals surface area contributed by atoms with Crippen LogP contribution in [0.2, 0.25) is 0 Å². The Labute approximate surface area is 100 Å². The van der Waals surface area contributed by atoms with Crippen molar-refractivity contribution in [3.05, 3.63) is 12.2 Å². The highest BCUT2D eigenvalue weighted by Gasteiger charge is 2.42. The summed E-state index contributed by atoms with van der Waals surface area (Å²) in [6.45, 7) is 0. The van der Waals surface area contributed by atoms with Gasteiger partial charge in [0.2, 0.25) is 5.91 Å². The first-order chi connectivity index (χ1) is 8.13. The van der Waals surface area contributed by atoms with Crippen LogP contribution in [0.4, 0.5) is 0 Å². The smallest absolute Gasteiger partial charge is 0.306 e. The number of allylic oxidation sites excluding steroid dienone is 2. The third-order valence-corrected chi connectivity index (χ3v) is 4.45. The van der Waals surface area contributed by atoms with Gasteiger partial charge in [0.25, 0.3) is 0 Å². The molecule has 3 aliphatic carbocycles. The summed E-state index contributed by atoms with van der Waals surface area (Å²) in [7, 11) is 0. The standard InChI is InChI=1S/C13H17NO3/c15-12(11-4-7-1-2-8(11)3-7)14-10-5-9(6-10)13(16)17/h1-2,7-11H,3-6H2,(H,14,15)(H,16,17)/t7-,8-,9?,10?,11-/m0/s1. The SMILES string of the molecule is O=C(O)C1CC(NC(=O)[C@H]2C[C@H]3C=C[C@H]2C3)C1. The molecule has 4 heteroatoms. The Hall–Kier alpha value is -1.32. The molecule has 3 aliphatic rings. The number of rotatable bonds is 3. The van der Waals surface area contributed by atoms with E-state index in [1.54, 1.807) is 0 Å². The van der Waals surface area contributed by atoms with Gasteiger partial charge in [0.05, 0.1) is 5.92 Å². The van der Waals surface area contributed by atoms with E-state index < -0.39 is 5.97 Å². The van der Waals surface area contributed by atoms with Gasteiger partial charge in [-0.3, -0.25) is 9.59 Å². The summed E-state index contributed by atoms with van der Waals surface area (Å²) in [5.74, 6) is 0.308. The van der Waals surface area contributed by atoms with Crippen LogP contribution in [0.5, 0.6) is 0 Å². The fraction of sp³-hybridized carbons (Fsp3) is 0.692. The van der Waals surface area contributed by atoms with Crippen molar-refractivity contribution in [1.29, 1.82) is 0 Å². The molecule has 2 bridgehead atoms. The molecular formula is C13H17NO3. The molecule has 0 unspecified atom stereocenters. The fourth-order valence-corrected chi connectivity index (χ4v) is 3.33. The lowest BCUT2D eigenvalue weighted by molar-refractivity contribution is -0.146. The Morgan fingerprint density at radius 3 is 2.41 bits per heavy atom. The summed E-state index contributed by atoms with van der Waals surface area (Å²) in [5, 5.41) is 11.8. The largest absolute Gasteiger partial charge is 0.481 e. The number of amides is 1. The second kappa shape index (κ2) is 3.86. The molecule has 0 aromatic heterocycles. The second-order valence-corrected chi connectivity index (χ2v) is 5.60. The molecule has 4 nitrogen and oxygen atoms in total. The average molecular weight is 235 g/mol. The highest BCUT2D eigenvalue weighted by Crippen LogP contribution is 2.43. The highest BCUT2D eigenvalue weighted by atomic mass is 16.4. The molecule has 0 aromatic rings. The number of nitrogens with one attached hydrogen (secondary N) is 1. The molecule has 2 N–H and O–H groups in total. The van der Waals surface area contributed by atoms with Crippen molar-refractivity contribution in [3.63, 3.8) is 0 Å². The molecule has 0 aliphatic heterocycles. The van der Waals surface area contributed by atoms with Gasteiger partial charge in [-0.05, 0) is 37.5 Å². The van der Waals surface area contributed by atoms with Crippen LogP contribution in [-0.2, 0) is 9.59 Å². The van der Waals surface area contributed by atoms with Crippen LogP contribution in [-0.4, -0.2) is 23.0 Å². The number of carbonyl (C=O) groups excluding carboxylic acids is 1. The van der Waals surface area contributed by atoms with Gasteiger partial charge in [-0.2, -0.15) is 0 Å². The molecule has 1 amide bonds. The third-order valence-electron chi connectivity index (χ3n) is 4.45. The summed E-state index contributed by atoms with van der Waals surface area (Å²) < 4.78 is 0. The first-order valence-corrected chi connectivity index (χ1v) is 6.35. The van der Waals surface area contributed by atoms with Crippen LogP contribution in [0, 0.1) is 23.7 Å². The number of fused-ring (bicyclic) bond motifs is 2. The highest BCUT2D eigenvalue weighted by molar-refractivity contribution is 5.81. The van der Waals surface area contributed by atoms with Crippen molar-refractivity contribution in [1.82, 2.24) is 5.32 Å². The van der Waals surface area contributed by atoms with Gasteiger partial charge >= 0.3 is 5.97 Å². The normalized spacial score (nSPS) is 42.2. The number of aliphatic carboxylic acids is 1. The average Bonchev–Trinajstić information content (AvgIpc) is 2.83. The molecule has 2 saturated carbocycles. The van der Waals surface area contributed by atoms with E-state index in [2.05, 4.69) is 17.5 Å². The molecule has 17 heavy (non-hydrogen) atoms. The Balaban J connectivity index is 1.49. The summed E-state index contributed by atoms with van der Waals surface area (Å²) in [6, 6.07) is 0.0895. The first-order valence-electron chi connectivity index (χ1n) is 6.35. The van der Waals surface area contributed by atoms with Gasteiger partial charge in [-0.15, -0.1) is 0 Å². The van der Waals surface area contributed by atoms with Crippen molar-refractivity contribution in [3.8, 4) is 0 Å². The van der Waals surface area contributed by atoms with Crippen LogP contribution in [0.3, 0.4) is 0 Å². The Morgan fingerprint density at radius 2 is 1.88 bits per heavy atom. The quantitative estimate of drug-likeness (QED) is 0.722. The Morgan fingerprint density at radius 1 is 1.12 bits per heavy atom. The van der Waals surface area contributed by atoms with Gasteiger partial charge in [-0.25, -0.2) is 0 Å². The van der Waals surface area contributed by atoms with E-state index in [-0.39, 0.29) is 23.8 Å². The zero-order valence-corrected chi connectivity index (χ0v) is 9.63. The Kier molecular flexibility index (Phi) is 2.45. The Bertz CT molecular complexity index is 384. The number of hydrogen-bond donors (Lipinski definition) is 2.